The van der Waals surface area contributed by atoms with Gasteiger partial charge in [-0.15, -0.1) is 0 Å². The minimum Gasteiger partial charge on any atom is -0.339 e. The summed E-state index contributed by atoms with van der Waals surface area (Å²) in [5.41, 5.74) is 4.73. The van der Waals surface area contributed by atoms with Crippen molar-refractivity contribution in [3.05, 3.63) is 57.6 Å². The smallest absolute Gasteiger partial charge is 0.227 e. The standard InChI is InChI=1S/C20H17BrN6O2/c1-11-23-19(26-29-11)13-4-2-3-12(7-13)8-16(28)27-6-5-15-14(10-27)9-22-20-17(15)18(21)24-25-20/h2-4,7,9H,5-6,8,10H2,1H3,(H,22,24,25). The van der Waals surface area contributed by atoms with Crippen LogP contribution in [0.1, 0.15) is 22.6 Å². The summed E-state index contributed by atoms with van der Waals surface area (Å²) in [6.07, 6.45) is 2.93. The number of nitrogens with zero attached hydrogens (tertiary/aromatic N) is 5. The summed E-state index contributed by atoms with van der Waals surface area (Å²) in [7, 11) is 0. The van der Waals surface area contributed by atoms with E-state index in [1.807, 2.05) is 35.4 Å². The molecule has 4 heterocycles. The summed E-state index contributed by atoms with van der Waals surface area (Å²) >= 11 is 3.51. The number of fused-ring (bicyclic) bond motifs is 3. The Labute approximate surface area is 174 Å². The van der Waals surface area contributed by atoms with E-state index in [0.29, 0.717) is 36.9 Å². The molecular weight excluding hydrogens is 436 g/mol. The lowest BCUT2D eigenvalue weighted by molar-refractivity contribution is -0.131. The Bertz CT molecular complexity index is 1230. The number of aromatic nitrogens is 5. The average molecular weight is 453 g/mol. The van der Waals surface area contributed by atoms with Gasteiger partial charge >= 0.3 is 0 Å². The molecule has 8 nitrogen and oxygen atoms in total. The minimum absolute atomic E-state index is 0.0865. The predicted molar refractivity (Wildman–Crippen MR) is 109 cm³/mol. The molecular formula is C20H17BrN6O2. The molecule has 1 aliphatic heterocycles. The van der Waals surface area contributed by atoms with Crippen LogP contribution in [0.4, 0.5) is 0 Å². The summed E-state index contributed by atoms with van der Waals surface area (Å²) < 4.78 is 5.89. The van der Waals surface area contributed by atoms with Gasteiger partial charge in [-0.2, -0.15) is 10.1 Å². The molecule has 29 heavy (non-hydrogen) atoms. The average Bonchev–Trinajstić information content (AvgIpc) is 3.34. The number of carbonyl (C=O) groups excluding carboxylic acids is 1. The SMILES string of the molecule is Cc1nc(-c2cccc(CC(=O)N3CCc4c(cnc5n[nH]c(Br)c45)C3)c2)no1. The molecule has 0 unspecified atom stereocenters. The van der Waals surface area contributed by atoms with E-state index in [2.05, 4.69) is 41.3 Å². The molecule has 1 amide bonds. The lowest BCUT2D eigenvalue weighted by Gasteiger charge is -2.29. The fourth-order valence-corrected chi connectivity index (χ4v) is 4.25. The zero-order valence-electron chi connectivity index (χ0n) is 15.6. The number of nitrogens with one attached hydrogen (secondary N) is 1. The maximum Gasteiger partial charge on any atom is 0.227 e. The van der Waals surface area contributed by atoms with Gasteiger partial charge in [-0.25, -0.2) is 4.98 Å². The molecule has 0 aliphatic carbocycles. The molecule has 0 saturated carbocycles. The fraction of sp³-hybridized carbons (Fsp3) is 0.250. The first-order valence-corrected chi connectivity index (χ1v) is 10.1. The van der Waals surface area contributed by atoms with Crippen LogP contribution < -0.4 is 0 Å². The lowest BCUT2D eigenvalue weighted by atomic mass is 9.98. The number of hydrogen-bond acceptors (Lipinski definition) is 6. The molecule has 0 spiro atoms. The predicted octanol–water partition coefficient (Wildman–Crippen LogP) is 3.21. The van der Waals surface area contributed by atoms with Gasteiger partial charge in [0, 0.05) is 31.8 Å². The van der Waals surface area contributed by atoms with E-state index in [1.54, 1.807) is 6.92 Å². The van der Waals surface area contributed by atoms with Crippen LogP contribution in [0.3, 0.4) is 0 Å². The number of hydrogen-bond donors (Lipinski definition) is 1. The van der Waals surface area contributed by atoms with Crippen LogP contribution in [0.2, 0.25) is 0 Å². The van der Waals surface area contributed by atoms with Crippen LogP contribution in [0.5, 0.6) is 0 Å². The molecule has 3 aromatic heterocycles. The summed E-state index contributed by atoms with van der Waals surface area (Å²) in [6, 6.07) is 7.70. The summed E-state index contributed by atoms with van der Waals surface area (Å²) in [6.45, 7) is 2.98. The van der Waals surface area contributed by atoms with Crippen molar-refractivity contribution in [2.24, 2.45) is 0 Å². The van der Waals surface area contributed by atoms with Crippen molar-refractivity contribution >= 4 is 32.9 Å². The molecule has 1 aliphatic rings. The van der Waals surface area contributed by atoms with Gasteiger partial charge in [0.2, 0.25) is 17.6 Å². The first kappa shape index (κ1) is 18.0. The number of aryl methyl sites for hydroxylation is 1. The van der Waals surface area contributed by atoms with E-state index in [1.165, 1.54) is 5.56 Å². The highest BCUT2D eigenvalue weighted by molar-refractivity contribution is 9.10. The second-order valence-corrected chi connectivity index (χ2v) is 7.87. The maximum absolute atomic E-state index is 12.9. The van der Waals surface area contributed by atoms with Crippen molar-refractivity contribution in [3.8, 4) is 11.4 Å². The van der Waals surface area contributed by atoms with Crippen LogP contribution >= 0.6 is 15.9 Å². The molecule has 0 saturated heterocycles. The van der Waals surface area contributed by atoms with Gasteiger partial charge in [0.15, 0.2) is 5.65 Å². The molecule has 1 N–H and O–H groups in total. The number of benzene rings is 1. The van der Waals surface area contributed by atoms with Crippen molar-refractivity contribution in [2.75, 3.05) is 6.54 Å². The normalized spacial score (nSPS) is 13.7. The maximum atomic E-state index is 12.9. The van der Waals surface area contributed by atoms with Crippen LogP contribution in [0.25, 0.3) is 22.4 Å². The zero-order chi connectivity index (χ0) is 20.0. The monoisotopic (exact) mass is 452 g/mol. The molecule has 0 fully saturated rings. The van der Waals surface area contributed by atoms with Crippen molar-refractivity contribution in [3.63, 3.8) is 0 Å². The highest BCUT2D eigenvalue weighted by Gasteiger charge is 2.24. The van der Waals surface area contributed by atoms with Gasteiger partial charge in [0.05, 0.1) is 11.8 Å². The first-order chi connectivity index (χ1) is 14.1. The second kappa shape index (κ2) is 7.07. The van der Waals surface area contributed by atoms with Crippen LogP contribution in [0.15, 0.2) is 39.6 Å². The van der Waals surface area contributed by atoms with Crippen molar-refractivity contribution < 1.29 is 9.32 Å². The van der Waals surface area contributed by atoms with Crippen LogP contribution in [-0.4, -0.2) is 42.7 Å². The zero-order valence-corrected chi connectivity index (χ0v) is 17.2. The Kier molecular flexibility index (Phi) is 4.39. The number of carbonyl (C=O) groups is 1. The Morgan fingerprint density at radius 3 is 3.10 bits per heavy atom. The number of aromatic amines is 1. The highest BCUT2D eigenvalue weighted by atomic mass is 79.9. The van der Waals surface area contributed by atoms with Crippen molar-refractivity contribution in [1.29, 1.82) is 0 Å². The van der Waals surface area contributed by atoms with Gasteiger partial charge in [-0.05, 0) is 45.1 Å². The van der Waals surface area contributed by atoms with Gasteiger partial charge in [0.25, 0.3) is 0 Å². The van der Waals surface area contributed by atoms with Crippen molar-refractivity contribution in [1.82, 2.24) is 30.2 Å². The second-order valence-electron chi connectivity index (χ2n) is 7.08. The number of pyridine rings is 1. The number of H-pyrrole nitrogens is 1. The third kappa shape index (κ3) is 3.31. The van der Waals surface area contributed by atoms with E-state index >= 15 is 0 Å². The molecule has 0 bridgehead atoms. The van der Waals surface area contributed by atoms with E-state index in [4.69, 9.17) is 4.52 Å². The van der Waals surface area contributed by atoms with Gasteiger partial charge < -0.3 is 9.42 Å². The van der Waals surface area contributed by atoms with E-state index < -0.39 is 0 Å². The summed E-state index contributed by atoms with van der Waals surface area (Å²) in [5, 5.41) is 12.1. The van der Waals surface area contributed by atoms with E-state index in [9.17, 15) is 4.79 Å². The Morgan fingerprint density at radius 1 is 1.38 bits per heavy atom. The molecule has 5 rings (SSSR count). The minimum atomic E-state index is 0.0865. The topological polar surface area (TPSA) is 101 Å². The third-order valence-corrected chi connectivity index (χ3v) is 5.72. The lowest BCUT2D eigenvalue weighted by Crippen LogP contribution is -2.37. The molecule has 9 heteroatoms. The fourth-order valence-electron chi connectivity index (χ4n) is 3.74. The highest BCUT2D eigenvalue weighted by Crippen LogP contribution is 2.30. The summed E-state index contributed by atoms with van der Waals surface area (Å²) in [4.78, 5) is 23.5. The van der Waals surface area contributed by atoms with Gasteiger partial charge in [0.1, 0.15) is 4.60 Å². The van der Waals surface area contributed by atoms with E-state index in [-0.39, 0.29) is 5.91 Å². The summed E-state index contributed by atoms with van der Waals surface area (Å²) in [5.74, 6) is 1.13. The largest absolute Gasteiger partial charge is 0.339 e. The van der Waals surface area contributed by atoms with Crippen molar-refractivity contribution in [2.45, 2.75) is 26.3 Å². The van der Waals surface area contributed by atoms with Crippen LogP contribution in [0, 0.1) is 6.92 Å². The molecule has 0 atom stereocenters. The Morgan fingerprint density at radius 2 is 2.28 bits per heavy atom. The number of amides is 1. The Hall–Kier alpha value is -3.07. The molecule has 146 valence electrons. The quantitative estimate of drug-likeness (QED) is 0.512. The first-order valence-electron chi connectivity index (χ1n) is 9.26. The number of rotatable bonds is 3. The molecule has 1 aromatic carbocycles. The molecule has 0 radical (unpaired) electrons. The van der Waals surface area contributed by atoms with Gasteiger partial charge in [-0.1, -0.05) is 23.4 Å². The van der Waals surface area contributed by atoms with E-state index in [0.717, 1.165) is 33.1 Å². The molecule has 4 aromatic rings. The van der Waals surface area contributed by atoms with Gasteiger partial charge in [-0.3, -0.25) is 9.89 Å². The number of halogens is 1. The third-order valence-electron chi connectivity index (χ3n) is 5.15. The Balaban J connectivity index is 1.35. The van der Waals surface area contributed by atoms with Crippen LogP contribution in [-0.2, 0) is 24.2 Å².